The molecule has 2 aromatic carbocycles. The minimum absolute atomic E-state index is 0.394. The minimum atomic E-state index is 0.394. The van der Waals surface area contributed by atoms with Crippen LogP contribution in [0.2, 0.25) is 5.15 Å². The topological polar surface area (TPSA) is 35.0 Å². The van der Waals surface area contributed by atoms with Gasteiger partial charge in [0.1, 0.15) is 6.61 Å². The van der Waals surface area contributed by atoms with E-state index in [4.69, 9.17) is 16.3 Å². The number of nitrogens with zero attached hydrogens (tertiary/aromatic N) is 2. The number of hydrogen-bond acceptors (Lipinski definition) is 3. The maximum atomic E-state index is 6.09. The van der Waals surface area contributed by atoms with Crippen LogP contribution in [0.1, 0.15) is 5.56 Å². The molecule has 20 heavy (non-hydrogen) atoms. The third-order valence-corrected chi connectivity index (χ3v) is 3.83. The van der Waals surface area contributed by atoms with Crippen LogP contribution in [0.25, 0.3) is 10.8 Å². The molecule has 0 saturated heterocycles. The van der Waals surface area contributed by atoms with Crippen LogP contribution in [0.5, 0.6) is 5.88 Å². The van der Waals surface area contributed by atoms with Crippen molar-refractivity contribution < 1.29 is 4.74 Å². The van der Waals surface area contributed by atoms with Gasteiger partial charge in [0.05, 0.1) is 0 Å². The van der Waals surface area contributed by atoms with Crippen LogP contribution in [0, 0.1) is 3.57 Å². The lowest BCUT2D eigenvalue weighted by Crippen LogP contribution is -1.99. The molecule has 5 heteroatoms. The van der Waals surface area contributed by atoms with Gasteiger partial charge in [-0.05, 0) is 46.4 Å². The lowest BCUT2D eigenvalue weighted by atomic mass is 10.2. The second-order valence-electron chi connectivity index (χ2n) is 4.26. The molecule has 0 spiro atoms. The fourth-order valence-corrected chi connectivity index (χ4v) is 2.59. The SMILES string of the molecule is Clc1nnc(OCc2ccccc2)c2ccc(I)cc12. The summed E-state index contributed by atoms with van der Waals surface area (Å²) in [7, 11) is 0. The van der Waals surface area contributed by atoms with Gasteiger partial charge >= 0.3 is 0 Å². The molecule has 0 aliphatic heterocycles. The predicted octanol–water partition coefficient (Wildman–Crippen LogP) is 4.47. The number of aromatic nitrogens is 2. The molecule has 0 aliphatic rings. The zero-order chi connectivity index (χ0) is 13.9. The Balaban J connectivity index is 1.94. The van der Waals surface area contributed by atoms with Crippen molar-refractivity contribution in [3.8, 4) is 5.88 Å². The van der Waals surface area contributed by atoms with Gasteiger partial charge in [-0.3, -0.25) is 0 Å². The van der Waals surface area contributed by atoms with Gasteiger partial charge in [0.2, 0.25) is 5.88 Å². The molecular formula is C15H10ClIN2O. The van der Waals surface area contributed by atoms with Gasteiger partial charge in [-0.15, -0.1) is 10.2 Å². The first-order valence-corrected chi connectivity index (χ1v) is 7.48. The number of benzene rings is 2. The Bertz CT molecular complexity index is 749. The number of halogens is 2. The molecule has 0 atom stereocenters. The highest BCUT2D eigenvalue weighted by Crippen LogP contribution is 2.29. The highest BCUT2D eigenvalue weighted by Gasteiger charge is 2.09. The minimum Gasteiger partial charge on any atom is -0.471 e. The van der Waals surface area contributed by atoms with E-state index < -0.39 is 0 Å². The van der Waals surface area contributed by atoms with Crippen LogP contribution in [-0.2, 0) is 6.61 Å². The Kier molecular flexibility index (Phi) is 4.03. The molecule has 1 aromatic heterocycles. The number of ether oxygens (including phenoxy) is 1. The van der Waals surface area contributed by atoms with E-state index >= 15 is 0 Å². The summed E-state index contributed by atoms with van der Waals surface area (Å²) in [5, 5.41) is 10.1. The maximum absolute atomic E-state index is 6.09. The number of fused-ring (bicyclic) bond motifs is 1. The quantitative estimate of drug-likeness (QED) is 0.613. The molecule has 0 fully saturated rings. The van der Waals surface area contributed by atoms with Crippen LogP contribution in [-0.4, -0.2) is 10.2 Å². The van der Waals surface area contributed by atoms with Crippen molar-refractivity contribution in [3.05, 3.63) is 62.8 Å². The number of hydrogen-bond donors (Lipinski definition) is 0. The van der Waals surface area contributed by atoms with E-state index in [2.05, 4.69) is 32.8 Å². The molecule has 3 rings (SSSR count). The van der Waals surface area contributed by atoms with Crippen molar-refractivity contribution in [2.45, 2.75) is 6.61 Å². The molecule has 0 N–H and O–H groups in total. The zero-order valence-electron chi connectivity index (χ0n) is 10.4. The van der Waals surface area contributed by atoms with Crippen molar-refractivity contribution in [2.75, 3.05) is 0 Å². The molecule has 3 nitrogen and oxygen atoms in total. The van der Waals surface area contributed by atoms with E-state index in [-0.39, 0.29) is 0 Å². The normalized spacial score (nSPS) is 10.7. The number of rotatable bonds is 3. The second-order valence-corrected chi connectivity index (χ2v) is 5.86. The predicted molar refractivity (Wildman–Crippen MR) is 88.0 cm³/mol. The third-order valence-electron chi connectivity index (χ3n) is 2.88. The van der Waals surface area contributed by atoms with E-state index in [1.165, 1.54) is 0 Å². The van der Waals surface area contributed by atoms with Crippen molar-refractivity contribution in [3.63, 3.8) is 0 Å². The molecule has 0 saturated carbocycles. The molecule has 0 unspecified atom stereocenters. The van der Waals surface area contributed by atoms with Crippen LogP contribution >= 0.6 is 34.2 Å². The van der Waals surface area contributed by atoms with E-state index in [1.54, 1.807) is 0 Å². The summed E-state index contributed by atoms with van der Waals surface area (Å²) >= 11 is 8.32. The Hall–Kier alpha value is -1.40. The Morgan fingerprint density at radius 1 is 1.00 bits per heavy atom. The van der Waals surface area contributed by atoms with Gasteiger partial charge in [0.15, 0.2) is 5.15 Å². The molecule has 0 radical (unpaired) electrons. The van der Waals surface area contributed by atoms with Gasteiger partial charge < -0.3 is 4.74 Å². The molecular weight excluding hydrogens is 387 g/mol. The molecule has 3 aromatic rings. The highest BCUT2D eigenvalue weighted by atomic mass is 127. The average molecular weight is 397 g/mol. The first-order valence-electron chi connectivity index (χ1n) is 6.02. The van der Waals surface area contributed by atoms with Crippen molar-refractivity contribution in [2.24, 2.45) is 0 Å². The summed E-state index contributed by atoms with van der Waals surface area (Å²) in [6, 6.07) is 15.9. The molecule has 100 valence electrons. The van der Waals surface area contributed by atoms with Gasteiger partial charge in [-0.2, -0.15) is 0 Å². The standard InChI is InChI=1S/C15H10ClIN2O/c16-14-13-8-11(17)6-7-12(13)15(19-18-14)20-9-10-4-2-1-3-5-10/h1-8H,9H2. The van der Waals surface area contributed by atoms with Crippen LogP contribution in [0.4, 0.5) is 0 Å². The van der Waals surface area contributed by atoms with Crippen molar-refractivity contribution >= 4 is 45.0 Å². The van der Waals surface area contributed by atoms with Crippen LogP contribution < -0.4 is 4.74 Å². The van der Waals surface area contributed by atoms with E-state index in [0.29, 0.717) is 17.6 Å². The maximum Gasteiger partial charge on any atom is 0.241 e. The zero-order valence-corrected chi connectivity index (χ0v) is 13.3. The molecule has 0 aliphatic carbocycles. The Morgan fingerprint density at radius 3 is 2.60 bits per heavy atom. The van der Waals surface area contributed by atoms with Gasteiger partial charge in [-0.25, -0.2) is 0 Å². The monoisotopic (exact) mass is 396 g/mol. The summed E-state index contributed by atoms with van der Waals surface area (Å²) in [4.78, 5) is 0. The van der Waals surface area contributed by atoms with Gasteiger partial charge in [0.25, 0.3) is 0 Å². The summed E-state index contributed by atoms with van der Waals surface area (Å²) in [6.07, 6.45) is 0. The summed E-state index contributed by atoms with van der Waals surface area (Å²) in [5.41, 5.74) is 1.09. The molecule has 0 bridgehead atoms. The Morgan fingerprint density at radius 2 is 1.80 bits per heavy atom. The largest absolute Gasteiger partial charge is 0.471 e. The van der Waals surface area contributed by atoms with E-state index in [1.807, 2.05) is 48.5 Å². The van der Waals surface area contributed by atoms with E-state index in [0.717, 1.165) is 19.9 Å². The molecule has 0 amide bonds. The first kappa shape index (κ1) is 13.6. The van der Waals surface area contributed by atoms with Crippen molar-refractivity contribution in [1.82, 2.24) is 10.2 Å². The van der Waals surface area contributed by atoms with Crippen LogP contribution in [0.3, 0.4) is 0 Å². The lowest BCUT2D eigenvalue weighted by Gasteiger charge is -2.08. The summed E-state index contributed by atoms with van der Waals surface area (Å²) < 4.78 is 6.86. The van der Waals surface area contributed by atoms with Crippen molar-refractivity contribution in [1.29, 1.82) is 0 Å². The van der Waals surface area contributed by atoms with Gasteiger partial charge in [0, 0.05) is 14.3 Å². The first-order chi connectivity index (χ1) is 9.74. The summed E-state index contributed by atoms with van der Waals surface area (Å²) in [6.45, 7) is 0.457. The highest BCUT2D eigenvalue weighted by molar-refractivity contribution is 14.1. The third kappa shape index (κ3) is 2.86. The average Bonchev–Trinajstić information content (AvgIpc) is 2.48. The fourth-order valence-electron chi connectivity index (χ4n) is 1.90. The molecule has 1 heterocycles. The Labute approximate surface area is 135 Å². The van der Waals surface area contributed by atoms with E-state index in [9.17, 15) is 0 Å². The van der Waals surface area contributed by atoms with Crippen LogP contribution in [0.15, 0.2) is 48.5 Å². The second kappa shape index (κ2) is 5.93. The van der Waals surface area contributed by atoms with Gasteiger partial charge in [-0.1, -0.05) is 41.9 Å². The smallest absolute Gasteiger partial charge is 0.241 e. The fraction of sp³-hybridized carbons (Fsp3) is 0.0667. The lowest BCUT2D eigenvalue weighted by molar-refractivity contribution is 0.294. The summed E-state index contributed by atoms with van der Waals surface area (Å²) in [5.74, 6) is 0.504.